The summed E-state index contributed by atoms with van der Waals surface area (Å²) in [6, 6.07) is 0.902. The zero-order chi connectivity index (χ0) is 15.3. The number of hydrogen-bond donors (Lipinski definition) is 1. The Labute approximate surface area is 116 Å². The van der Waals surface area contributed by atoms with Crippen molar-refractivity contribution in [3.63, 3.8) is 0 Å². The maximum absolute atomic E-state index is 11.1. The number of carboxylic acid groups (broad SMARTS) is 1. The molecule has 8 nitrogen and oxygen atoms in total. The molecule has 0 spiro atoms. The maximum Gasteiger partial charge on any atom is 0.337 e. The zero-order valence-corrected chi connectivity index (χ0v) is 11.6. The van der Waals surface area contributed by atoms with Crippen LogP contribution < -0.4 is 4.90 Å². The summed E-state index contributed by atoms with van der Waals surface area (Å²) in [4.78, 5) is 27.0. The predicted octanol–water partition coefficient (Wildman–Crippen LogP) is 1.55. The molecule has 1 heterocycles. The van der Waals surface area contributed by atoms with Gasteiger partial charge in [0.1, 0.15) is 0 Å². The molecule has 1 N–H and O–H groups in total. The number of pyridine rings is 1. The van der Waals surface area contributed by atoms with E-state index in [9.17, 15) is 14.9 Å². The summed E-state index contributed by atoms with van der Waals surface area (Å²) in [6.07, 6.45) is 1.12. The van der Waals surface area contributed by atoms with Crippen LogP contribution in [-0.4, -0.2) is 47.3 Å². The summed E-state index contributed by atoms with van der Waals surface area (Å²) in [6.45, 7) is 4.56. The second-order valence-corrected chi connectivity index (χ2v) is 4.22. The van der Waals surface area contributed by atoms with E-state index >= 15 is 0 Å². The van der Waals surface area contributed by atoms with Gasteiger partial charge in [-0.1, -0.05) is 0 Å². The minimum absolute atomic E-state index is 0.119. The second kappa shape index (κ2) is 6.80. The Balaban J connectivity index is 3.27. The van der Waals surface area contributed by atoms with Gasteiger partial charge in [-0.05, 0) is 13.8 Å². The molecule has 0 saturated heterocycles. The van der Waals surface area contributed by atoms with Gasteiger partial charge in [0, 0.05) is 25.9 Å². The molecule has 0 aliphatic rings. The fourth-order valence-electron chi connectivity index (χ4n) is 1.92. The van der Waals surface area contributed by atoms with E-state index in [1.54, 1.807) is 12.0 Å². The van der Waals surface area contributed by atoms with E-state index in [0.717, 1.165) is 12.3 Å². The van der Waals surface area contributed by atoms with Gasteiger partial charge in [-0.2, -0.15) is 0 Å². The number of rotatable bonds is 7. The third kappa shape index (κ3) is 3.41. The molecule has 0 aliphatic carbocycles. The second-order valence-electron chi connectivity index (χ2n) is 4.22. The number of ether oxygens (including phenoxy) is 1. The molecule has 1 unspecified atom stereocenters. The molecule has 1 aromatic heterocycles. The standard InChI is InChI=1S/C12H17N3O5/c1-4-14(8(2)7-20-3)11-10(15(18)19)5-9(6-13-11)12(16)17/h5-6,8H,4,7H2,1-3H3,(H,16,17). The van der Waals surface area contributed by atoms with Crippen LogP contribution in [0.1, 0.15) is 24.2 Å². The Morgan fingerprint density at radius 2 is 2.30 bits per heavy atom. The number of carbonyl (C=O) groups is 1. The van der Waals surface area contributed by atoms with Crippen molar-refractivity contribution in [3.05, 3.63) is 27.9 Å². The number of nitrogens with zero attached hydrogens (tertiary/aromatic N) is 3. The lowest BCUT2D eigenvalue weighted by Gasteiger charge is -2.28. The van der Waals surface area contributed by atoms with Crippen molar-refractivity contribution in [1.29, 1.82) is 0 Å². The molecule has 0 fully saturated rings. The summed E-state index contributed by atoms with van der Waals surface area (Å²) in [5, 5.41) is 20.0. The Kier molecular flexibility index (Phi) is 5.39. The summed E-state index contributed by atoms with van der Waals surface area (Å²) in [7, 11) is 1.54. The molecule has 0 radical (unpaired) electrons. The average Bonchev–Trinajstić information content (AvgIpc) is 2.39. The Morgan fingerprint density at radius 3 is 2.75 bits per heavy atom. The number of hydrogen-bond acceptors (Lipinski definition) is 6. The lowest BCUT2D eigenvalue weighted by atomic mass is 10.2. The van der Waals surface area contributed by atoms with Crippen molar-refractivity contribution < 1.29 is 19.6 Å². The van der Waals surface area contributed by atoms with Crippen LogP contribution in [0.4, 0.5) is 11.5 Å². The summed E-state index contributed by atoms with van der Waals surface area (Å²) < 4.78 is 5.04. The van der Waals surface area contributed by atoms with E-state index in [1.807, 2.05) is 13.8 Å². The molecule has 110 valence electrons. The molecule has 0 aliphatic heterocycles. The van der Waals surface area contributed by atoms with E-state index in [4.69, 9.17) is 9.84 Å². The molecule has 1 rings (SSSR count). The van der Waals surface area contributed by atoms with Crippen LogP contribution >= 0.6 is 0 Å². The Hall–Kier alpha value is -2.22. The largest absolute Gasteiger partial charge is 0.478 e. The predicted molar refractivity (Wildman–Crippen MR) is 72.2 cm³/mol. The molecular formula is C12H17N3O5. The van der Waals surface area contributed by atoms with Crippen molar-refractivity contribution in [2.45, 2.75) is 19.9 Å². The molecule has 0 bridgehead atoms. The van der Waals surface area contributed by atoms with E-state index < -0.39 is 10.9 Å². The molecule has 0 aromatic carbocycles. The molecule has 8 heteroatoms. The number of aromatic carboxylic acids is 1. The monoisotopic (exact) mass is 283 g/mol. The minimum Gasteiger partial charge on any atom is -0.478 e. The summed E-state index contributed by atoms with van der Waals surface area (Å²) in [5.41, 5.74) is -0.536. The minimum atomic E-state index is -1.25. The van der Waals surface area contributed by atoms with E-state index in [2.05, 4.69) is 4.98 Å². The first-order valence-corrected chi connectivity index (χ1v) is 6.05. The van der Waals surface area contributed by atoms with E-state index in [1.165, 1.54) is 0 Å². The lowest BCUT2D eigenvalue weighted by molar-refractivity contribution is -0.384. The number of anilines is 1. The first-order valence-electron chi connectivity index (χ1n) is 6.05. The van der Waals surface area contributed by atoms with Gasteiger partial charge in [0.25, 0.3) is 0 Å². The topological polar surface area (TPSA) is 106 Å². The summed E-state index contributed by atoms with van der Waals surface area (Å²) in [5.74, 6) is -1.10. The van der Waals surface area contributed by atoms with Crippen molar-refractivity contribution in [3.8, 4) is 0 Å². The third-order valence-electron chi connectivity index (χ3n) is 2.84. The van der Waals surface area contributed by atoms with Gasteiger partial charge in [0.2, 0.25) is 5.82 Å². The third-order valence-corrected chi connectivity index (χ3v) is 2.84. The molecular weight excluding hydrogens is 266 g/mol. The zero-order valence-electron chi connectivity index (χ0n) is 11.6. The highest BCUT2D eigenvalue weighted by molar-refractivity contribution is 5.88. The Morgan fingerprint density at radius 1 is 1.65 bits per heavy atom. The number of nitro groups is 1. The molecule has 0 saturated carbocycles. The van der Waals surface area contributed by atoms with Gasteiger partial charge in [-0.15, -0.1) is 0 Å². The number of carboxylic acids is 1. The Bertz CT molecular complexity index is 506. The molecule has 0 amide bonds. The molecule has 1 atom stereocenters. The van der Waals surface area contributed by atoms with Gasteiger partial charge in [-0.25, -0.2) is 9.78 Å². The molecule has 1 aromatic rings. The summed E-state index contributed by atoms with van der Waals surface area (Å²) >= 11 is 0. The van der Waals surface area contributed by atoms with Crippen LogP contribution in [0.25, 0.3) is 0 Å². The highest BCUT2D eigenvalue weighted by Gasteiger charge is 2.25. The maximum atomic E-state index is 11.1. The highest BCUT2D eigenvalue weighted by atomic mass is 16.6. The fourth-order valence-corrected chi connectivity index (χ4v) is 1.92. The quantitative estimate of drug-likeness (QED) is 0.597. The number of aromatic nitrogens is 1. The van der Waals surface area contributed by atoms with Crippen molar-refractivity contribution in [2.75, 3.05) is 25.2 Å². The first-order chi connectivity index (χ1) is 9.42. The fraction of sp³-hybridized carbons (Fsp3) is 0.500. The van der Waals surface area contributed by atoms with Gasteiger partial charge >= 0.3 is 11.7 Å². The number of likely N-dealkylation sites (N-methyl/N-ethyl adjacent to an activating group) is 1. The van der Waals surface area contributed by atoms with Crippen LogP contribution in [0.5, 0.6) is 0 Å². The van der Waals surface area contributed by atoms with Gasteiger partial charge in [-0.3, -0.25) is 10.1 Å². The lowest BCUT2D eigenvalue weighted by Crippen LogP contribution is -2.37. The first kappa shape index (κ1) is 15.8. The van der Waals surface area contributed by atoms with Gasteiger partial charge < -0.3 is 14.7 Å². The van der Waals surface area contributed by atoms with Crippen LogP contribution in [0, 0.1) is 10.1 Å². The SMILES string of the molecule is CCN(c1ncc(C(=O)O)cc1[N+](=O)[O-])C(C)COC. The van der Waals surface area contributed by atoms with Crippen LogP contribution in [0.2, 0.25) is 0 Å². The van der Waals surface area contributed by atoms with Crippen molar-refractivity contribution in [2.24, 2.45) is 0 Å². The smallest absolute Gasteiger partial charge is 0.337 e. The number of methoxy groups -OCH3 is 1. The van der Waals surface area contributed by atoms with Gasteiger partial charge in [0.15, 0.2) is 0 Å². The van der Waals surface area contributed by atoms with Crippen molar-refractivity contribution in [1.82, 2.24) is 4.98 Å². The van der Waals surface area contributed by atoms with Crippen LogP contribution in [-0.2, 0) is 4.74 Å². The van der Waals surface area contributed by atoms with E-state index in [0.29, 0.717) is 13.2 Å². The van der Waals surface area contributed by atoms with Crippen LogP contribution in [0.15, 0.2) is 12.3 Å². The normalized spacial score (nSPS) is 11.9. The van der Waals surface area contributed by atoms with Crippen molar-refractivity contribution >= 4 is 17.5 Å². The van der Waals surface area contributed by atoms with E-state index in [-0.39, 0.29) is 23.1 Å². The average molecular weight is 283 g/mol. The molecule has 20 heavy (non-hydrogen) atoms. The highest BCUT2D eigenvalue weighted by Crippen LogP contribution is 2.28. The van der Waals surface area contributed by atoms with Gasteiger partial charge in [0.05, 0.1) is 23.1 Å². The van der Waals surface area contributed by atoms with Crippen LogP contribution in [0.3, 0.4) is 0 Å².